The van der Waals surface area contributed by atoms with Crippen LogP contribution < -0.4 is 0 Å². The lowest BCUT2D eigenvalue weighted by Crippen LogP contribution is -1.82. The summed E-state index contributed by atoms with van der Waals surface area (Å²) < 4.78 is 4.53. The summed E-state index contributed by atoms with van der Waals surface area (Å²) in [4.78, 5) is 12.8. The zero-order valence-electron chi connectivity index (χ0n) is 4.70. The number of rotatable bonds is 1. The van der Waals surface area contributed by atoms with Gasteiger partial charge in [0.2, 0.25) is 0 Å². The Morgan fingerprint density at radius 1 is 1.89 bits per heavy atom. The van der Waals surface area contributed by atoms with Gasteiger partial charge in [0.1, 0.15) is 11.1 Å². The molecule has 0 atom stereocenters. The Bertz CT molecular complexity index is 229. The van der Waals surface area contributed by atoms with E-state index >= 15 is 0 Å². The maximum Gasteiger partial charge on any atom is 0.453 e. The van der Waals surface area contributed by atoms with E-state index in [-0.39, 0.29) is 5.88 Å². The Labute approximate surface area is 50.5 Å². The first-order valence-corrected chi connectivity index (χ1v) is 2.27. The van der Waals surface area contributed by atoms with Crippen LogP contribution in [0.15, 0.2) is 10.6 Å². The number of aryl methyl sites for hydroxylation is 1. The Balaban J connectivity index is 2.98. The van der Waals surface area contributed by atoms with Crippen LogP contribution in [0.5, 0.6) is 0 Å². The monoisotopic (exact) mass is 128 g/mol. The van der Waals surface area contributed by atoms with E-state index in [4.69, 9.17) is 0 Å². The van der Waals surface area contributed by atoms with Gasteiger partial charge in [-0.3, -0.25) is 10.1 Å². The Hall–Kier alpha value is -1.39. The first-order valence-electron chi connectivity index (χ1n) is 2.27. The first kappa shape index (κ1) is 5.74. The van der Waals surface area contributed by atoms with Crippen molar-refractivity contribution in [2.45, 2.75) is 6.92 Å². The summed E-state index contributed by atoms with van der Waals surface area (Å²) in [7, 11) is 0. The largest absolute Gasteiger partial charge is 0.453 e. The molecule has 0 aliphatic rings. The molecule has 0 radical (unpaired) electrons. The molecule has 0 aromatic carbocycles. The van der Waals surface area contributed by atoms with Gasteiger partial charge in [-0.05, 0) is 0 Å². The number of nitrogens with zero attached hydrogens (tertiary/aromatic N) is 2. The van der Waals surface area contributed by atoms with E-state index < -0.39 is 4.92 Å². The quantitative estimate of drug-likeness (QED) is 0.416. The zero-order chi connectivity index (χ0) is 6.85. The fraction of sp³-hybridized carbons (Fsp3) is 0.250. The molecule has 9 heavy (non-hydrogen) atoms. The standard InChI is InChI=1S/C4H4N2O3/c1-3-5-2-4(9-3)6(7)8/h2H,1H3. The third kappa shape index (κ3) is 1.04. The molecule has 0 fully saturated rings. The lowest BCUT2D eigenvalue weighted by molar-refractivity contribution is -0.402. The van der Waals surface area contributed by atoms with Gasteiger partial charge in [0.25, 0.3) is 0 Å². The average Bonchev–Trinajstić information content (AvgIpc) is 2.14. The lowest BCUT2D eigenvalue weighted by Gasteiger charge is -1.77. The van der Waals surface area contributed by atoms with Crippen LogP contribution in [0.3, 0.4) is 0 Å². The third-order valence-electron chi connectivity index (χ3n) is 0.789. The lowest BCUT2D eigenvalue weighted by atomic mass is 10.8. The van der Waals surface area contributed by atoms with E-state index in [1.165, 1.54) is 0 Å². The molecular formula is C4H4N2O3. The van der Waals surface area contributed by atoms with E-state index in [9.17, 15) is 10.1 Å². The second-order valence-corrected chi connectivity index (χ2v) is 1.47. The Morgan fingerprint density at radius 2 is 2.56 bits per heavy atom. The molecule has 48 valence electrons. The molecule has 0 amide bonds. The third-order valence-corrected chi connectivity index (χ3v) is 0.789. The molecule has 0 aliphatic carbocycles. The van der Waals surface area contributed by atoms with E-state index in [1.807, 2.05) is 0 Å². The highest BCUT2D eigenvalue weighted by atomic mass is 16.6. The minimum atomic E-state index is -0.625. The molecule has 0 aliphatic heterocycles. The molecule has 0 saturated heterocycles. The number of aromatic nitrogens is 1. The van der Waals surface area contributed by atoms with E-state index in [2.05, 4.69) is 9.40 Å². The van der Waals surface area contributed by atoms with Crippen LogP contribution >= 0.6 is 0 Å². The van der Waals surface area contributed by atoms with Gasteiger partial charge in [0.05, 0.1) is 0 Å². The number of hydrogen-bond donors (Lipinski definition) is 0. The predicted molar refractivity (Wildman–Crippen MR) is 27.9 cm³/mol. The summed E-state index contributed by atoms with van der Waals surface area (Å²) in [5, 5.41) is 9.89. The van der Waals surface area contributed by atoms with E-state index in [1.54, 1.807) is 6.92 Å². The first-order chi connectivity index (χ1) is 4.20. The fourth-order valence-corrected chi connectivity index (χ4v) is 0.435. The van der Waals surface area contributed by atoms with Crippen molar-refractivity contribution in [3.63, 3.8) is 0 Å². The minimum Gasteiger partial charge on any atom is -0.386 e. The van der Waals surface area contributed by atoms with Crippen molar-refractivity contribution in [2.24, 2.45) is 0 Å². The SMILES string of the molecule is Cc1ncc([N+](=O)[O-])o1. The number of nitro groups is 1. The van der Waals surface area contributed by atoms with Crippen LogP contribution in [-0.4, -0.2) is 9.91 Å². The van der Waals surface area contributed by atoms with Crippen molar-refractivity contribution in [2.75, 3.05) is 0 Å². The van der Waals surface area contributed by atoms with Crippen LogP contribution in [0.25, 0.3) is 0 Å². The second kappa shape index (κ2) is 1.85. The van der Waals surface area contributed by atoms with Crippen molar-refractivity contribution >= 4 is 5.88 Å². The molecule has 1 aromatic rings. The number of hydrogen-bond acceptors (Lipinski definition) is 4. The second-order valence-electron chi connectivity index (χ2n) is 1.47. The molecule has 1 rings (SSSR count). The highest BCUT2D eigenvalue weighted by Gasteiger charge is 2.09. The highest BCUT2D eigenvalue weighted by molar-refractivity contribution is 5.06. The van der Waals surface area contributed by atoms with Crippen LogP contribution in [0.2, 0.25) is 0 Å². The van der Waals surface area contributed by atoms with Crippen molar-refractivity contribution < 1.29 is 9.34 Å². The summed E-state index contributed by atoms with van der Waals surface area (Å²) >= 11 is 0. The normalized spacial score (nSPS) is 9.44. The molecular weight excluding hydrogens is 124 g/mol. The van der Waals surface area contributed by atoms with Gasteiger partial charge >= 0.3 is 5.88 Å². The van der Waals surface area contributed by atoms with E-state index in [0.29, 0.717) is 5.89 Å². The summed E-state index contributed by atoms with van der Waals surface area (Å²) in [5.74, 6) is -0.00537. The van der Waals surface area contributed by atoms with Gasteiger partial charge in [-0.25, -0.2) is 4.98 Å². The van der Waals surface area contributed by atoms with Crippen LogP contribution in [0, 0.1) is 17.0 Å². The molecule has 0 spiro atoms. The average molecular weight is 128 g/mol. The highest BCUT2D eigenvalue weighted by Crippen LogP contribution is 2.09. The molecule has 0 N–H and O–H groups in total. The summed E-state index contributed by atoms with van der Waals surface area (Å²) in [6.07, 6.45) is 1.08. The summed E-state index contributed by atoms with van der Waals surface area (Å²) in [6.45, 7) is 1.55. The minimum absolute atomic E-state index is 0.307. The van der Waals surface area contributed by atoms with Gasteiger partial charge in [-0.2, -0.15) is 0 Å². The maximum absolute atomic E-state index is 9.89. The van der Waals surface area contributed by atoms with E-state index in [0.717, 1.165) is 6.20 Å². The molecule has 0 saturated carbocycles. The molecule has 1 aromatic heterocycles. The van der Waals surface area contributed by atoms with Gasteiger partial charge in [-0.15, -0.1) is 0 Å². The van der Waals surface area contributed by atoms with Gasteiger partial charge in [0, 0.05) is 6.92 Å². The summed E-state index contributed by atoms with van der Waals surface area (Å²) in [6, 6.07) is 0. The predicted octanol–water partition coefficient (Wildman–Crippen LogP) is 0.891. The van der Waals surface area contributed by atoms with Crippen molar-refractivity contribution in [3.05, 3.63) is 22.2 Å². The fourth-order valence-electron chi connectivity index (χ4n) is 0.435. The summed E-state index contributed by atoms with van der Waals surface area (Å²) in [5.41, 5.74) is 0. The van der Waals surface area contributed by atoms with Crippen molar-refractivity contribution in [1.82, 2.24) is 4.98 Å². The van der Waals surface area contributed by atoms with Gasteiger partial charge in [-0.1, -0.05) is 0 Å². The maximum atomic E-state index is 9.89. The van der Waals surface area contributed by atoms with Crippen LogP contribution in [0.4, 0.5) is 5.88 Å². The Morgan fingerprint density at radius 3 is 2.78 bits per heavy atom. The van der Waals surface area contributed by atoms with Crippen LogP contribution in [0.1, 0.15) is 5.89 Å². The zero-order valence-corrected chi connectivity index (χ0v) is 4.70. The van der Waals surface area contributed by atoms with Crippen molar-refractivity contribution in [3.8, 4) is 0 Å². The Kier molecular flexibility index (Phi) is 1.18. The van der Waals surface area contributed by atoms with Gasteiger partial charge in [0.15, 0.2) is 5.89 Å². The van der Waals surface area contributed by atoms with Gasteiger partial charge < -0.3 is 4.42 Å². The topological polar surface area (TPSA) is 69.2 Å². The molecule has 5 nitrogen and oxygen atoms in total. The molecule has 5 heteroatoms. The molecule has 0 unspecified atom stereocenters. The molecule has 1 heterocycles. The molecule has 0 bridgehead atoms. The van der Waals surface area contributed by atoms with Crippen molar-refractivity contribution in [1.29, 1.82) is 0 Å². The van der Waals surface area contributed by atoms with Crippen LogP contribution in [-0.2, 0) is 0 Å². The smallest absolute Gasteiger partial charge is 0.386 e. The number of oxazole rings is 1.